The van der Waals surface area contributed by atoms with Crippen LogP contribution in [-0.2, 0) is 0 Å². The summed E-state index contributed by atoms with van der Waals surface area (Å²) >= 11 is 0. The van der Waals surface area contributed by atoms with E-state index in [2.05, 4.69) is 21.2 Å². The number of benzene rings is 2. The van der Waals surface area contributed by atoms with Crippen molar-refractivity contribution in [2.75, 3.05) is 5.43 Å². The van der Waals surface area contributed by atoms with E-state index in [9.17, 15) is 13.6 Å². The fourth-order valence-electron chi connectivity index (χ4n) is 2.69. The number of amides is 1. The quantitative estimate of drug-likeness (QED) is 0.690. The van der Waals surface area contributed by atoms with Crippen molar-refractivity contribution in [2.45, 2.75) is 18.8 Å². The zero-order valence-electron chi connectivity index (χ0n) is 13.6. The first-order chi connectivity index (χ1) is 12.6. The lowest BCUT2D eigenvalue weighted by Gasteiger charge is -2.09. The lowest BCUT2D eigenvalue weighted by atomic mass is 10.2. The Kier molecular flexibility index (Phi) is 4.08. The number of aromatic nitrogens is 3. The molecule has 0 atom stereocenters. The van der Waals surface area contributed by atoms with Crippen LogP contribution in [0.2, 0.25) is 0 Å². The predicted molar refractivity (Wildman–Crippen MR) is 90.8 cm³/mol. The normalized spacial score (nSPS) is 13.5. The van der Waals surface area contributed by atoms with Gasteiger partial charge in [0.25, 0.3) is 5.91 Å². The topological polar surface area (TPSA) is 71.8 Å². The molecule has 1 heterocycles. The third kappa shape index (κ3) is 3.26. The molecule has 4 rings (SSSR count). The molecule has 8 heteroatoms. The van der Waals surface area contributed by atoms with Crippen LogP contribution in [0.4, 0.5) is 14.5 Å². The highest BCUT2D eigenvalue weighted by atomic mass is 19.1. The molecule has 0 aliphatic heterocycles. The molecule has 0 unspecified atom stereocenters. The number of halogens is 2. The van der Waals surface area contributed by atoms with Crippen molar-refractivity contribution in [3.05, 3.63) is 71.6 Å². The first kappa shape index (κ1) is 16.2. The average Bonchev–Trinajstić information content (AvgIpc) is 3.39. The Morgan fingerprint density at radius 3 is 2.54 bits per heavy atom. The highest BCUT2D eigenvalue weighted by molar-refractivity contribution is 5.94. The third-order valence-corrected chi connectivity index (χ3v) is 4.10. The Balaban J connectivity index is 1.58. The van der Waals surface area contributed by atoms with E-state index in [1.54, 1.807) is 12.1 Å². The first-order valence-electron chi connectivity index (χ1n) is 8.15. The molecule has 3 aromatic rings. The smallest absolute Gasteiger partial charge is 0.292 e. The average molecular weight is 355 g/mol. The molecule has 0 bridgehead atoms. The lowest BCUT2D eigenvalue weighted by molar-refractivity contribution is 0.0956. The zero-order valence-corrected chi connectivity index (χ0v) is 13.6. The van der Waals surface area contributed by atoms with Gasteiger partial charge >= 0.3 is 0 Å². The molecule has 26 heavy (non-hydrogen) atoms. The number of nitrogens with zero attached hydrogens (tertiary/aromatic N) is 3. The van der Waals surface area contributed by atoms with Crippen molar-refractivity contribution in [2.24, 2.45) is 0 Å². The van der Waals surface area contributed by atoms with Crippen LogP contribution in [0.5, 0.6) is 0 Å². The summed E-state index contributed by atoms with van der Waals surface area (Å²) in [6.45, 7) is 0. The van der Waals surface area contributed by atoms with Crippen molar-refractivity contribution in [1.29, 1.82) is 0 Å². The SMILES string of the molecule is O=C(NNc1ccc(F)cc1)c1nnn(-c2cccc(F)c2)c1C1CC1. The van der Waals surface area contributed by atoms with Crippen LogP contribution in [0.25, 0.3) is 5.69 Å². The van der Waals surface area contributed by atoms with Crippen LogP contribution in [-0.4, -0.2) is 20.9 Å². The summed E-state index contributed by atoms with van der Waals surface area (Å²) in [6, 6.07) is 11.5. The van der Waals surface area contributed by atoms with Crippen LogP contribution in [0.1, 0.15) is 34.9 Å². The number of hydrazine groups is 1. The summed E-state index contributed by atoms with van der Waals surface area (Å²) in [5.74, 6) is -1.04. The molecule has 1 fully saturated rings. The Labute approximate surface area is 147 Å². The second-order valence-corrected chi connectivity index (χ2v) is 6.08. The fourth-order valence-corrected chi connectivity index (χ4v) is 2.69. The highest BCUT2D eigenvalue weighted by Crippen LogP contribution is 2.41. The minimum absolute atomic E-state index is 0.167. The fraction of sp³-hybridized carbons (Fsp3) is 0.167. The maximum absolute atomic E-state index is 13.5. The standard InChI is InChI=1S/C18H15F2N5O/c19-12-6-8-14(9-7-12)21-23-18(26)16-17(11-4-5-11)25(24-22-16)15-3-1-2-13(20)10-15/h1-3,6-11,21H,4-5H2,(H,23,26). The Hall–Kier alpha value is -3.29. The van der Waals surface area contributed by atoms with E-state index in [-0.39, 0.29) is 23.2 Å². The number of carbonyl (C=O) groups is 1. The molecule has 1 aliphatic rings. The number of rotatable bonds is 5. The summed E-state index contributed by atoms with van der Waals surface area (Å²) in [7, 11) is 0. The van der Waals surface area contributed by atoms with Crippen LogP contribution < -0.4 is 10.9 Å². The van der Waals surface area contributed by atoms with Gasteiger partial charge in [-0.25, -0.2) is 13.5 Å². The molecule has 1 aliphatic carbocycles. The minimum atomic E-state index is -0.459. The first-order valence-corrected chi connectivity index (χ1v) is 8.15. The van der Waals surface area contributed by atoms with Crippen molar-refractivity contribution in [1.82, 2.24) is 20.4 Å². The molecule has 132 valence electrons. The summed E-state index contributed by atoms with van der Waals surface area (Å²) in [4.78, 5) is 12.5. The zero-order chi connectivity index (χ0) is 18.1. The number of carbonyl (C=O) groups excluding carboxylic acids is 1. The summed E-state index contributed by atoms with van der Waals surface area (Å²) in [5.41, 5.74) is 7.14. The van der Waals surface area contributed by atoms with Crippen molar-refractivity contribution in [3.8, 4) is 5.69 Å². The monoisotopic (exact) mass is 355 g/mol. The highest BCUT2D eigenvalue weighted by Gasteiger charge is 2.34. The van der Waals surface area contributed by atoms with E-state index >= 15 is 0 Å². The van der Waals surface area contributed by atoms with Crippen molar-refractivity contribution < 1.29 is 13.6 Å². The molecular weight excluding hydrogens is 340 g/mol. The largest absolute Gasteiger partial charge is 0.298 e. The molecule has 0 radical (unpaired) electrons. The van der Waals surface area contributed by atoms with Crippen LogP contribution in [0.3, 0.4) is 0 Å². The van der Waals surface area contributed by atoms with Gasteiger partial charge in [0.05, 0.1) is 17.1 Å². The molecule has 0 saturated heterocycles. The summed E-state index contributed by atoms with van der Waals surface area (Å²) in [5, 5.41) is 8.03. The molecule has 1 aromatic heterocycles. The van der Waals surface area contributed by atoms with Gasteiger partial charge in [-0.2, -0.15) is 0 Å². The van der Waals surface area contributed by atoms with Crippen molar-refractivity contribution in [3.63, 3.8) is 0 Å². The minimum Gasteiger partial charge on any atom is -0.298 e. The van der Waals surface area contributed by atoms with Crippen LogP contribution in [0.15, 0.2) is 48.5 Å². The van der Waals surface area contributed by atoms with Gasteiger partial charge < -0.3 is 0 Å². The van der Waals surface area contributed by atoms with Gasteiger partial charge in [-0.05, 0) is 55.3 Å². The molecule has 2 aromatic carbocycles. The molecule has 2 N–H and O–H groups in total. The number of hydrogen-bond donors (Lipinski definition) is 2. The lowest BCUT2D eigenvalue weighted by Crippen LogP contribution is -2.30. The third-order valence-electron chi connectivity index (χ3n) is 4.10. The van der Waals surface area contributed by atoms with E-state index in [0.29, 0.717) is 17.1 Å². The van der Waals surface area contributed by atoms with Gasteiger partial charge in [-0.15, -0.1) is 5.10 Å². The van der Waals surface area contributed by atoms with Crippen molar-refractivity contribution >= 4 is 11.6 Å². The van der Waals surface area contributed by atoms with Crippen LogP contribution in [0, 0.1) is 11.6 Å². The van der Waals surface area contributed by atoms with Gasteiger partial charge in [-0.1, -0.05) is 11.3 Å². The molecule has 6 nitrogen and oxygen atoms in total. The van der Waals surface area contributed by atoms with E-state index < -0.39 is 5.91 Å². The van der Waals surface area contributed by atoms with E-state index in [0.717, 1.165) is 12.8 Å². The van der Waals surface area contributed by atoms with Gasteiger partial charge in [0, 0.05) is 5.92 Å². The van der Waals surface area contributed by atoms with E-state index in [1.807, 2.05) is 0 Å². The van der Waals surface area contributed by atoms with Gasteiger partial charge in [0.15, 0.2) is 5.69 Å². The Morgan fingerprint density at radius 2 is 1.85 bits per heavy atom. The second kappa shape index (κ2) is 6.55. The Bertz CT molecular complexity index is 950. The van der Waals surface area contributed by atoms with E-state index in [4.69, 9.17) is 0 Å². The number of hydrogen-bond acceptors (Lipinski definition) is 4. The maximum atomic E-state index is 13.5. The summed E-state index contributed by atoms with van der Waals surface area (Å²) in [6.07, 6.45) is 1.85. The van der Waals surface area contributed by atoms with Gasteiger partial charge in [0.1, 0.15) is 11.6 Å². The molecular formula is C18H15F2N5O. The second-order valence-electron chi connectivity index (χ2n) is 6.08. The predicted octanol–water partition coefficient (Wildman–Crippen LogP) is 3.18. The molecule has 1 amide bonds. The van der Waals surface area contributed by atoms with Crippen LogP contribution >= 0.6 is 0 Å². The van der Waals surface area contributed by atoms with Gasteiger partial charge in [-0.3, -0.25) is 15.6 Å². The number of nitrogens with one attached hydrogen (secondary N) is 2. The summed E-state index contributed by atoms with van der Waals surface area (Å²) < 4.78 is 28.0. The van der Waals surface area contributed by atoms with Gasteiger partial charge in [0.2, 0.25) is 0 Å². The Morgan fingerprint density at radius 1 is 1.08 bits per heavy atom. The van der Waals surface area contributed by atoms with E-state index in [1.165, 1.54) is 41.1 Å². The number of anilines is 1. The maximum Gasteiger partial charge on any atom is 0.292 e. The molecule has 0 spiro atoms. The molecule has 1 saturated carbocycles.